The van der Waals surface area contributed by atoms with Gasteiger partial charge < -0.3 is 15.2 Å². The Kier molecular flexibility index (Phi) is 4.86. The molecule has 1 aliphatic rings. The maximum atomic E-state index is 13.0. The van der Waals surface area contributed by atoms with E-state index in [-0.39, 0.29) is 24.1 Å². The number of hydrogen-bond acceptors (Lipinski definition) is 2. The van der Waals surface area contributed by atoms with E-state index >= 15 is 0 Å². The van der Waals surface area contributed by atoms with E-state index in [1.54, 1.807) is 17.0 Å². The first-order valence-electron chi connectivity index (χ1n) is 9.39. The number of halogens is 1. The van der Waals surface area contributed by atoms with E-state index in [2.05, 4.69) is 10.3 Å². The molecular weight excluding hydrogens is 357 g/mol. The van der Waals surface area contributed by atoms with E-state index in [0.717, 1.165) is 27.6 Å². The summed E-state index contributed by atoms with van der Waals surface area (Å²) in [6.45, 7) is 3.02. The number of aromatic amines is 1. The van der Waals surface area contributed by atoms with E-state index in [1.807, 2.05) is 31.3 Å². The van der Waals surface area contributed by atoms with Crippen LogP contribution < -0.4 is 5.32 Å². The number of aromatic nitrogens is 1. The van der Waals surface area contributed by atoms with Gasteiger partial charge in [-0.1, -0.05) is 30.3 Å². The predicted molar refractivity (Wildman–Crippen MR) is 105 cm³/mol. The fourth-order valence-electron chi connectivity index (χ4n) is 3.77. The van der Waals surface area contributed by atoms with Crippen LogP contribution in [0.15, 0.2) is 48.7 Å². The fourth-order valence-corrected chi connectivity index (χ4v) is 3.77. The molecule has 2 N–H and O–H groups in total. The van der Waals surface area contributed by atoms with Gasteiger partial charge in [-0.25, -0.2) is 4.39 Å². The summed E-state index contributed by atoms with van der Waals surface area (Å²) < 4.78 is 13.0. The van der Waals surface area contributed by atoms with E-state index in [0.29, 0.717) is 19.5 Å². The highest BCUT2D eigenvalue weighted by Crippen LogP contribution is 2.22. The van der Waals surface area contributed by atoms with Gasteiger partial charge in [0.1, 0.15) is 11.9 Å². The number of aryl methyl sites for hydroxylation is 1. The van der Waals surface area contributed by atoms with Crippen molar-refractivity contribution in [3.63, 3.8) is 0 Å². The van der Waals surface area contributed by atoms with Crippen LogP contribution in [-0.2, 0) is 22.6 Å². The normalized spacial score (nSPS) is 16.7. The monoisotopic (exact) mass is 379 g/mol. The van der Waals surface area contributed by atoms with Crippen molar-refractivity contribution in [2.45, 2.75) is 32.4 Å². The van der Waals surface area contributed by atoms with Gasteiger partial charge in [-0.3, -0.25) is 9.59 Å². The Morgan fingerprint density at radius 1 is 1.25 bits per heavy atom. The number of hydrogen-bond donors (Lipinski definition) is 2. The van der Waals surface area contributed by atoms with Crippen molar-refractivity contribution in [2.24, 2.45) is 0 Å². The number of amides is 2. The fraction of sp³-hybridized carbons (Fsp3) is 0.273. The van der Waals surface area contributed by atoms with Crippen LogP contribution in [0, 0.1) is 12.7 Å². The number of benzene rings is 2. The van der Waals surface area contributed by atoms with Gasteiger partial charge in [0.25, 0.3) is 0 Å². The molecule has 0 spiro atoms. The minimum Gasteiger partial charge on any atom is -0.361 e. The second kappa shape index (κ2) is 7.46. The van der Waals surface area contributed by atoms with Crippen molar-refractivity contribution in [3.05, 3.63) is 71.2 Å². The lowest BCUT2D eigenvalue weighted by Crippen LogP contribution is -2.41. The van der Waals surface area contributed by atoms with Crippen LogP contribution >= 0.6 is 0 Å². The lowest BCUT2D eigenvalue weighted by molar-refractivity contribution is -0.132. The molecule has 0 bridgehead atoms. The standard InChI is InChI=1S/C22H22FN3O2/c1-14-3-2-4-18-16(12-24-21(14)18)11-20(27)25-19-9-10-26(22(19)28)13-15-5-7-17(23)8-6-15/h2-8,12,19,24H,9-11,13H2,1H3,(H,25,27). The molecule has 0 aliphatic carbocycles. The summed E-state index contributed by atoms with van der Waals surface area (Å²) in [4.78, 5) is 30.0. The van der Waals surface area contributed by atoms with E-state index in [1.165, 1.54) is 12.1 Å². The second-order valence-corrected chi connectivity index (χ2v) is 7.28. The molecule has 2 aromatic carbocycles. The molecule has 6 heteroatoms. The summed E-state index contributed by atoms with van der Waals surface area (Å²) in [7, 11) is 0. The zero-order valence-corrected chi connectivity index (χ0v) is 15.7. The summed E-state index contributed by atoms with van der Waals surface area (Å²) in [5, 5.41) is 3.90. The number of rotatable bonds is 5. The minimum atomic E-state index is -0.500. The highest BCUT2D eigenvalue weighted by molar-refractivity contribution is 5.93. The smallest absolute Gasteiger partial charge is 0.245 e. The van der Waals surface area contributed by atoms with Crippen molar-refractivity contribution in [1.82, 2.24) is 15.2 Å². The Bertz CT molecular complexity index is 1030. The topological polar surface area (TPSA) is 65.2 Å². The molecule has 5 nitrogen and oxygen atoms in total. The van der Waals surface area contributed by atoms with Crippen molar-refractivity contribution in [1.29, 1.82) is 0 Å². The number of nitrogens with zero attached hydrogens (tertiary/aromatic N) is 1. The molecule has 3 aromatic rings. The van der Waals surface area contributed by atoms with Crippen molar-refractivity contribution >= 4 is 22.7 Å². The molecule has 1 unspecified atom stereocenters. The zero-order chi connectivity index (χ0) is 19.7. The Hall–Kier alpha value is -3.15. The molecule has 144 valence electrons. The minimum absolute atomic E-state index is 0.0903. The molecular formula is C22H22FN3O2. The number of nitrogens with one attached hydrogen (secondary N) is 2. The third kappa shape index (κ3) is 3.63. The van der Waals surface area contributed by atoms with Gasteiger partial charge in [-0.15, -0.1) is 0 Å². The van der Waals surface area contributed by atoms with Crippen LogP contribution in [0.1, 0.15) is 23.1 Å². The van der Waals surface area contributed by atoms with Crippen LogP contribution in [0.3, 0.4) is 0 Å². The van der Waals surface area contributed by atoms with Crippen molar-refractivity contribution in [3.8, 4) is 0 Å². The number of fused-ring (bicyclic) bond motifs is 1. The van der Waals surface area contributed by atoms with Crippen molar-refractivity contribution in [2.75, 3.05) is 6.54 Å². The van der Waals surface area contributed by atoms with Crippen LogP contribution in [0.25, 0.3) is 10.9 Å². The average molecular weight is 379 g/mol. The molecule has 1 atom stereocenters. The van der Waals surface area contributed by atoms with Gasteiger partial charge in [0.2, 0.25) is 11.8 Å². The Morgan fingerprint density at radius 2 is 2.04 bits per heavy atom. The molecule has 0 saturated carbocycles. The summed E-state index contributed by atoms with van der Waals surface area (Å²) >= 11 is 0. The molecule has 1 saturated heterocycles. The molecule has 28 heavy (non-hydrogen) atoms. The molecule has 0 radical (unpaired) electrons. The number of carbonyl (C=O) groups is 2. The summed E-state index contributed by atoms with van der Waals surface area (Å²) in [5.74, 6) is -0.550. The third-order valence-electron chi connectivity index (χ3n) is 5.28. The van der Waals surface area contributed by atoms with Crippen LogP contribution in [-0.4, -0.2) is 34.3 Å². The van der Waals surface area contributed by atoms with Gasteiger partial charge >= 0.3 is 0 Å². The highest BCUT2D eigenvalue weighted by atomic mass is 19.1. The number of carbonyl (C=O) groups excluding carboxylic acids is 2. The first-order valence-corrected chi connectivity index (χ1v) is 9.39. The summed E-state index contributed by atoms with van der Waals surface area (Å²) in [5.41, 5.74) is 3.96. The average Bonchev–Trinajstić information content (AvgIpc) is 3.23. The van der Waals surface area contributed by atoms with Crippen LogP contribution in [0.4, 0.5) is 4.39 Å². The van der Waals surface area contributed by atoms with Crippen molar-refractivity contribution < 1.29 is 14.0 Å². The maximum absolute atomic E-state index is 13.0. The molecule has 1 fully saturated rings. The Morgan fingerprint density at radius 3 is 2.82 bits per heavy atom. The summed E-state index contributed by atoms with van der Waals surface area (Å²) in [6.07, 6.45) is 2.67. The molecule has 1 aliphatic heterocycles. The van der Waals surface area contributed by atoms with Gasteiger partial charge in [0, 0.05) is 30.2 Å². The molecule has 2 amide bonds. The number of H-pyrrole nitrogens is 1. The Labute approximate surface area is 162 Å². The highest BCUT2D eigenvalue weighted by Gasteiger charge is 2.32. The van der Waals surface area contributed by atoms with E-state index < -0.39 is 6.04 Å². The first-order chi connectivity index (χ1) is 13.5. The zero-order valence-electron chi connectivity index (χ0n) is 15.7. The largest absolute Gasteiger partial charge is 0.361 e. The van der Waals surface area contributed by atoms with E-state index in [4.69, 9.17) is 0 Å². The summed E-state index contributed by atoms with van der Waals surface area (Å²) in [6, 6.07) is 11.6. The van der Waals surface area contributed by atoms with Gasteiger partial charge in [-0.2, -0.15) is 0 Å². The Balaban J connectivity index is 1.37. The second-order valence-electron chi connectivity index (χ2n) is 7.28. The van der Waals surface area contributed by atoms with Crippen LogP contribution in [0.5, 0.6) is 0 Å². The maximum Gasteiger partial charge on any atom is 0.245 e. The molecule has 1 aromatic heterocycles. The molecule has 4 rings (SSSR count). The SMILES string of the molecule is Cc1cccc2c(CC(=O)NC3CCN(Cc4ccc(F)cc4)C3=O)c[nH]c12. The first kappa shape index (κ1) is 18.2. The molecule has 2 heterocycles. The van der Waals surface area contributed by atoms with Gasteiger partial charge in [-0.05, 0) is 42.2 Å². The number of para-hydroxylation sites is 1. The van der Waals surface area contributed by atoms with Crippen LogP contribution in [0.2, 0.25) is 0 Å². The predicted octanol–water partition coefficient (Wildman–Crippen LogP) is 3.08. The lowest BCUT2D eigenvalue weighted by Gasteiger charge is -2.17. The number of likely N-dealkylation sites (tertiary alicyclic amines) is 1. The van der Waals surface area contributed by atoms with Gasteiger partial charge in [0.15, 0.2) is 0 Å². The van der Waals surface area contributed by atoms with E-state index in [9.17, 15) is 14.0 Å². The third-order valence-corrected chi connectivity index (χ3v) is 5.28. The van der Waals surface area contributed by atoms with Gasteiger partial charge in [0.05, 0.1) is 6.42 Å². The quantitative estimate of drug-likeness (QED) is 0.716. The lowest BCUT2D eigenvalue weighted by atomic mass is 10.1.